The highest BCUT2D eigenvalue weighted by Crippen LogP contribution is 2.22. The van der Waals surface area contributed by atoms with Gasteiger partial charge in [0, 0.05) is 25.3 Å². The van der Waals surface area contributed by atoms with Crippen LogP contribution in [0.15, 0.2) is 12.3 Å². The molecule has 0 atom stereocenters. The number of ether oxygens (including phenoxy) is 2. The third-order valence-corrected chi connectivity index (χ3v) is 3.94. The van der Waals surface area contributed by atoms with Crippen molar-refractivity contribution in [2.75, 3.05) is 31.2 Å². The van der Waals surface area contributed by atoms with Crippen LogP contribution in [-0.4, -0.2) is 48.4 Å². The Kier molecular flexibility index (Phi) is 8.17. The summed E-state index contributed by atoms with van der Waals surface area (Å²) in [7, 11) is 0. The van der Waals surface area contributed by atoms with E-state index in [1.807, 2.05) is 6.07 Å². The zero-order valence-corrected chi connectivity index (χ0v) is 14.2. The quantitative estimate of drug-likeness (QED) is 0.895. The van der Waals surface area contributed by atoms with E-state index in [1.54, 1.807) is 6.20 Å². The van der Waals surface area contributed by atoms with Gasteiger partial charge in [-0.15, -0.1) is 24.8 Å². The first-order valence-corrected chi connectivity index (χ1v) is 7.39. The number of hydrogen-bond acceptors (Lipinski definition) is 6. The minimum atomic E-state index is 0. The van der Waals surface area contributed by atoms with Crippen molar-refractivity contribution in [1.82, 2.24) is 9.97 Å². The summed E-state index contributed by atoms with van der Waals surface area (Å²) >= 11 is 0. The van der Waals surface area contributed by atoms with E-state index in [0.717, 1.165) is 57.8 Å². The molecular weight excluding hydrogens is 327 g/mol. The number of rotatable bonds is 3. The van der Waals surface area contributed by atoms with Crippen molar-refractivity contribution in [3.8, 4) is 6.01 Å². The zero-order valence-electron chi connectivity index (χ0n) is 12.5. The van der Waals surface area contributed by atoms with Gasteiger partial charge in [0.2, 0.25) is 0 Å². The average molecular weight is 351 g/mol. The Labute approximate surface area is 143 Å². The third-order valence-electron chi connectivity index (χ3n) is 3.94. The fourth-order valence-electron chi connectivity index (χ4n) is 2.71. The summed E-state index contributed by atoms with van der Waals surface area (Å²) in [6, 6.07) is 2.74. The Morgan fingerprint density at radius 2 is 1.82 bits per heavy atom. The lowest BCUT2D eigenvalue weighted by Gasteiger charge is -2.28. The van der Waals surface area contributed by atoms with Crippen LogP contribution in [0.4, 0.5) is 5.82 Å². The van der Waals surface area contributed by atoms with Crippen molar-refractivity contribution in [1.29, 1.82) is 0 Å². The van der Waals surface area contributed by atoms with Gasteiger partial charge < -0.3 is 20.1 Å². The number of morpholine rings is 1. The minimum Gasteiger partial charge on any atom is -0.460 e. The van der Waals surface area contributed by atoms with Gasteiger partial charge in [0.05, 0.1) is 13.2 Å². The molecule has 2 heterocycles. The first-order valence-electron chi connectivity index (χ1n) is 7.39. The SMILES string of the molecule is Cl.Cl.N[C@H]1CC[C@H](Oc2nccc(N3CCOCC3)n2)CC1. The van der Waals surface area contributed by atoms with Crippen LogP contribution in [0.25, 0.3) is 0 Å². The van der Waals surface area contributed by atoms with Crippen LogP contribution < -0.4 is 15.4 Å². The zero-order chi connectivity index (χ0) is 13.8. The number of aromatic nitrogens is 2. The van der Waals surface area contributed by atoms with Crippen LogP contribution in [0, 0.1) is 0 Å². The maximum Gasteiger partial charge on any atom is 0.318 e. The molecule has 0 spiro atoms. The lowest BCUT2D eigenvalue weighted by molar-refractivity contribution is 0.121. The molecule has 22 heavy (non-hydrogen) atoms. The van der Waals surface area contributed by atoms with Gasteiger partial charge in [-0.05, 0) is 31.7 Å². The van der Waals surface area contributed by atoms with E-state index < -0.39 is 0 Å². The monoisotopic (exact) mass is 350 g/mol. The van der Waals surface area contributed by atoms with Gasteiger partial charge in [0.1, 0.15) is 11.9 Å². The summed E-state index contributed by atoms with van der Waals surface area (Å²) in [6.07, 6.45) is 6.00. The van der Waals surface area contributed by atoms with Gasteiger partial charge in [-0.1, -0.05) is 0 Å². The Morgan fingerprint density at radius 3 is 2.50 bits per heavy atom. The Bertz CT molecular complexity index is 439. The van der Waals surface area contributed by atoms with E-state index in [1.165, 1.54) is 0 Å². The van der Waals surface area contributed by atoms with Crippen LogP contribution in [-0.2, 0) is 4.74 Å². The molecule has 0 bridgehead atoms. The highest BCUT2D eigenvalue weighted by Gasteiger charge is 2.21. The summed E-state index contributed by atoms with van der Waals surface area (Å²) < 4.78 is 11.3. The molecule has 1 aromatic rings. The molecular formula is C14H24Cl2N4O2. The Balaban J connectivity index is 0.00000121. The summed E-state index contributed by atoms with van der Waals surface area (Å²) in [6.45, 7) is 3.24. The maximum absolute atomic E-state index is 5.91. The highest BCUT2D eigenvalue weighted by atomic mass is 35.5. The number of anilines is 1. The second-order valence-electron chi connectivity index (χ2n) is 5.45. The predicted octanol–water partition coefficient (Wildman–Crippen LogP) is 1.81. The van der Waals surface area contributed by atoms with Gasteiger partial charge in [-0.25, -0.2) is 4.98 Å². The fourth-order valence-corrected chi connectivity index (χ4v) is 2.71. The molecule has 0 aromatic carbocycles. The van der Waals surface area contributed by atoms with E-state index in [4.69, 9.17) is 15.2 Å². The van der Waals surface area contributed by atoms with Gasteiger partial charge >= 0.3 is 6.01 Å². The van der Waals surface area contributed by atoms with E-state index in [-0.39, 0.29) is 30.9 Å². The lowest BCUT2D eigenvalue weighted by atomic mass is 9.94. The summed E-state index contributed by atoms with van der Waals surface area (Å²) in [5.74, 6) is 0.922. The molecule has 1 saturated carbocycles. The van der Waals surface area contributed by atoms with Crippen LogP contribution in [0.2, 0.25) is 0 Å². The lowest BCUT2D eigenvalue weighted by Crippen LogP contribution is -2.37. The average Bonchev–Trinajstić information content (AvgIpc) is 2.51. The van der Waals surface area contributed by atoms with Crippen LogP contribution in [0.5, 0.6) is 6.01 Å². The molecule has 0 unspecified atom stereocenters. The number of nitrogens with two attached hydrogens (primary N) is 1. The minimum absolute atomic E-state index is 0. The van der Waals surface area contributed by atoms with Crippen molar-refractivity contribution in [3.63, 3.8) is 0 Å². The molecule has 2 aliphatic rings. The number of hydrogen-bond donors (Lipinski definition) is 1. The van der Waals surface area contributed by atoms with E-state index in [9.17, 15) is 0 Å². The summed E-state index contributed by atoms with van der Waals surface area (Å²) in [4.78, 5) is 10.9. The van der Waals surface area contributed by atoms with Crippen molar-refractivity contribution < 1.29 is 9.47 Å². The molecule has 3 rings (SSSR count). The van der Waals surface area contributed by atoms with Crippen LogP contribution >= 0.6 is 24.8 Å². The molecule has 1 aliphatic heterocycles. The molecule has 0 amide bonds. The largest absolute Gasteiger partial charge is 0.460 e. The normalized spacial score (nSPS) is 24.9. The maximum atomic E-state index is 5.91. The second-order valence-corrected chi connectivity index (χ2v) is 5.45. The predicted molar refractivity (Wildman–Crippen MR) is 90.4 cm³/mol. The van der Waals surface area contributed by atoms with Gasteiger partial charge in [-0.3, -0.25) is 0 Å². The Morgan fingerprint density at radius 1 is 1.14 bits per heavy atom. The van der Waals surface area contributed by atoms with Crippen molar-refractivity contribution in [2.45, 2.75) is 37.8 Å². The van der Waals surface area contributed by atoms with Crippen LogP contribution in [0.3, 0.4) is 0 Å². The molecule has 8 heteroatoms. The molecule has 1 saturated heterocycles. The standard InChI is InChI=1S/C14H22N4O2.2ClH/c15-11-1-3-12(4-2-11)20-14-16-6-5-13(17-14)18-7-9-19-10-8-18;;/h5-6,11-12H,1-4,7-10,15H2;2*1H/t11-,12-;;. The molecule has 1 aromatic heterocycles. The Hall–Kier alpha value is -0.820. The third kappa shape index (κ3) is 5.12. The first kappa shape index (κ1) is 19.2. The fraction of sp³-hybridized carbons (Fsp3) is 0.714. The molecule has 2 fully saturated rings. The van der Waals surface area contributed by atoms with Crippen molar-refractivity contribution in [2.24, 2.45) is 5.73 Å². The number of nitrogens with zero attached hydrogens (tertiary/aromatic N) is 3. The molecule has 1 aliphatic carbocycles. The van der Waals surface area contributed by atoms with Gasteiger partial charge in [-0.2, -0.15) is 4.98 Å². The molecule has 0 radical (unpaired) electrons. The van der Waals surface area contributed by atoms with Gasteiger partial charge in [0.25, 0.3) is 0 Å². The van der Waals surface area contributed by atoms with E-state index in [2.05, 4.69) is 14.9 Å². The molecule has 126 valence electrons. The van der Waals surface area contributed by atoms with Gasteiger partial charge in [0.15, 0.2) is 0 Å². The topological polar surface area (TPSA) is 73.5 Å². The smallest absolute Gasteiger partial charge is 0.318 e. The molecule has 2 N–H and O–H groups in total. The second kappa shape index (κ2) is 9.35. The van der Waals surface area contributed by atoms with E-state index >= 15 is 0 Å². The highest BCUT2D eigenvalue weighted by molar-refractivity contribution is 5.85. The van der Waals surface area contributed by atoms with Crippen LogP contribution in [0.1, 0.15) is 25.7 Å². The number of halogens is 2. The summed E-state index contributed by atoms with van der Waals surface area (Å²) in [5.41, 5.74) is 5.91. The van der Waals surface area contributed by atoms with Crippen molar-refractivity contribution in [3.05, 3.63) is 12.3 Å². The molecule has 6 nitrogen and oxygen atoms in total. The van der Waals surface area contributed by atoms with Crippen molar-refractivity contribution >= 4 is 30.6 Å². The van der Waals surface area contributed by atoms with E-state index in [0.29, 0.717) is 12.1 Å². The first-order chi connectivity index (χ1) is 9.81. The summed E-state index contributed by atoms with van der Waals surface area (Å²) in [5, 5.41) is 0.